The molecule has 0 bridgehead atoms. The van der Waals surface area contributed by atoms with Gasteiger partial charge in [-0.05, 0) is 13.3 Å². The number of nitrogens with one attached hydrogen (secondary N) is 1. The molecule has 0 saturated heterocycles. The van der Waals surface area contributed by atoms with Crippen molar-refractivity contribution in [2.24, 2.45) is 0 Å². The summed E-state index contributed by atoms with van der Waals surface area (Å²) >= 11 is 0. The lowest BCUT2D eigenvalue weighted by atomic mass is 10.3. The van der Waals surface area contributed by atoms with Crippen LogP contribution < -0.4 is 5.32 Å². The Morgan fingerprint density at radius 1 is 1.30 bits per heavy atom. The maximum atomic E-state index is 3.29. The van der Waals surface area contributed by atoms with Gasteiger partial charge in [0, 0.05) is 12.5 Å². The molecule has 0 spiro atoms. The molecule has 58 valence electrons. The molecule has 0 radical (unpaired) electrons. The third-order valence-electron chi connectivity index (χ3n) is 1.45. The van der Waals surface area contributed by atoms with Crippen LogP contribution in [0.5, 0.6) is 0 Å². The Bertz CT molecular complexity index is 118. The summed E-state index contributed by atoms with van der Waals surface area (Å²) in [5.74, 6) is 6.05. The summed E-state index contributed by atoms with van der Waals surface area (Å²) in [6, 6.07) is 0.603. The highest BCUT2D eigenvalue weighted by molar-refractivity contribution is 4.99. The van der Waals surface area contributed by atoms with Crippen molar-refractivity contribution >= 4 is 0 Å². The molecule has 1 heteroatoms. The first-order chi connectivity index (χ1) is 4.81. The van der Waals surface area contributed by atoms with E-state index in [2.05, 4.69) is 37.9 Å². The van der Waals surface area contributed by atoms with Crippen LogP contribution in [0.2, 0.25) is 0 Å². The van der Waals surface area contributed by atoms with Gasteiger partial charge in [0.05, 0.1) is 6.54 Å². The summed E-state index contributed by atoms with van der Waals surface area (Å²) in [4.78, 5) is 0. The van der Waals surface area contributed by atoms with E-state index < -0.39 is 0 Å². The summed E-state index contributed by atoms with van der Waals surface area (Å²) < 4.78 is 0. The van der Waals surface area contributed by atoms with E-state index in [-0.39, 0.29) is 0 Å². The van der Waals surface area contributed by atoms with Gasteiger partial charge in [-0.3, -0.25) is 0 Å². The molecular formula is C9H17N. The maximum Gasteiger partial charge on any atom is 0.0578 e. The first-order valence-corrected chi connectivity index (χ1v) is 4.00. The molecule has 0 aromatic heterocycles. The second-order valence-corrected chi connectivity index (χ2v) is 2.40. The molecule has 0 fully saturated rings. The van der Waals surface area contributed by atoms with Crippen LogP contribution >= 0.6 is 0 Å². The van der Waals surface area contributed by atoms with Crippen molar-refractivity contribution in [1.82, 2.24) is 5.32 Å². The van der Waals surface area contributed by atoms with Crippen molar-refractivity contribution in [3.63, 3.8) is 0 Å². The van der Waals surface area contributed by atoms with E-state index in [1.54, 1.807) is 0 Å². The van der Waals surface area contributed by atoms with Crippen molar-refractivity contribution in [2.45, 2.75) is 39.7 Å². The molecule has 0 aromatic rings. The summed E-state index contributed by atoms with van der Waals surface area (Å²) in [5, 5.41) is 3.29. The van der Waals surface area contributed by atoms with Gasteiger partial charge in [-0.1, -0.05) is 19.8 Å². The molecule has 0 heterocycles. The fraction of sp³-hybridized carbons (Fsp3) is 0.778. The Hall–Kier alpha value is -0.480. The standard InChI is InChI=1S/C9H17N/c1-4-6-7-8-10-9(3)5-2/h9-10H,4-5,8H2,1-3H3. The van der Waals surface area contributed by atoms with Crippen LogP contribution in [0.15, 0.2) is 0 Å². The van der Waals surface area contributed by atoms with Gasteiger partial charge in [0.15, 0.2) is 0 Å². The van der Waals surface area contributed by atoms with E-state index in [1.165, 1.54) is 6.42 Å². The van der Waals surface area contributed by atoms with Crippen LogP contribution in [0.25, 0.3) is 0 Å². The quantitative estimate of drug-likeness (QED) is 0.588. The Labute approximate surface area is 64.2 Å². The zero-order valence-corrected chi connectivity index (χ0v) is 7.20. The van der Waals surface area contributed by atoms with Crippen LogP contribution in [0, 0.1) is 11.8 Å². The summed E-state index contributed by atoms with van der Waals surface area (Å²) in [6.45, 7) is 7.25. The van der Waals surface area contributed by atoms with E-state index in [0.717, 1.165) is 13.0 Å². The van der Waals surface area contributed by atoms with Crippen LogP contribution in [0.1, 0.15) is 33.6 Å². The van der Waals surface area contributed by atoms with E-state index in [9.17, 15) is 0 Å². The Kier molecular flexibility index (Phi) is 6.32. The molecular weight excluding hydrogens is 122 g/mol. The number of hydrogen-bond donors (Lipinski definition) is 1. The molecule has 1 nitrogen and oxygen atoms in total. The van der Waals surface area contributed by atoms with Crippen molar-refractivity contribution in [1.29, 1.82) is 0 Å². The average molecular weight is 139 g/mol. The lowest BCUT2D eigenvalue weighted by molar-refractivity contribution is 0.571. The Morgan fingerprint density at radius 2 is 2.00 bits per heavy atom. The monoisotopic (exact) mass is 139 g/mol. The molecule has 0 saturated carbocycles. The van der Waals surface area contributed by atoms with Gasteiger partial charge in [-0.25, -0.2) is 0 Å². The third-order valence-corrected chi connectivity index (χ3v) is 1.45. The fourth-order valence-electron chi connectivity index (χ4n) is 0.557. The van der Waals surface area contributed by atoms with Gasteiger partial charge in [-0.2, -0.15) is 0 Å². The van der Waals surface area contributed by atoms with Crippen LogP contribution in [0.4, 0.5) is 0 Å². The van der Waals surface area contributed by atoms with Crippen LogP contribution in [-0.4, -0.2) is 12.6 Å². The molecule has 1 atom stereocenters. The van der Waals surface area contributed by atoms with Gasteiger partial charge in [0.1, 0.15) is 0 Å². The molecule has 0 rings (SSSR count). The first-order valence-electron chi connectivity index (χ1n) is 4.00. The molecule has 1 unspecified atom stereocenters. The number of hydrogen-bond acceptors (Lipinski definition) is 1. The van der Waals surface area contributed by atoms with Crippen LogP contribution in [-0.2, 0) is 0 Å². The molecule has 0 aliphatic carbocycles. The molecule has 10 heavy (non-hydrogen) atoms. The highest BCUT2D eigenvalue weighted by Crippen LogP contribution is 1.84. The summed E-state index contributed by atoms with van der Waals surface area (Å²) in [6.07, 6.45) is 2.13. The minimum atomic E-state index is 0.603. The Balaban J connectivity index is 3.18. The van der Waals surface area contributed by atoms with Crippen LogP contribution in [0.3, 0.4) is 0 Å². The van der Waals surface area contributed by atoms with E-state index in [1.807, 2.05) is 0 Å². The molecule has 0 aliphatic heterocycles. The zero-order chi connectivity index (χ0) is 7.82. The lowest BCUT2D eigenvalue weighted by Crippen LogP contribution is -2.25. The van der Waals surface area contributed by atoms with Crippen molar-refractivity contribution in [3.8, 4) is 11.8 Å². The van der Waals surface area contributed by atoms with E-state index >= 15 is 0 Å². The molecule has 1 N–H and O–H groups in total. The van der Waals surface area contributed by atoms with Crippen molar-refractivity contribution in [3.05, 3.63) is 0 Å². The predicted molar refractivity (Wildman–Crippen MR) is 45.8 cm³/mol. The second kappa shape index (κ2) is 6.64. The maximum absolute atomic E-state index is 3.29. The summed E-state index contributed by atoms with van der Waals surface area (Å²) in [5.41, 5.74) is 0. The van der Waals surface area contributed by atoms with E-state index in [4.69, 9.17) is 0 Å². The lowest BCUT2D eigenvalue weighted by Gasteiger charge is -2.06. The minimum absolute atomic E-state index is 0.603. The highest BCUT2D eigenvalue weighted by Gasteiger charge is 1.91. The molecule has 0 aromatic carbocycles. The fourth-order valence-corrected chi connectivity index (χ4v) is 0.557. The van der Waals surface area contributed by atoms with Crippen molar-refractivity contribution in [2.75, 3.05) is 6.54 Å². The largest absolute Gasteiger partial charge is 0.304 e. The first kappa shape index (κ1) is 9.52. The predicted octanol–water partition coefficient (Wildman–Crippen LogP) is 1.79. The summed E-state index contributed by atoms with van der Waals surface area (Å²) in [7, 11) is 0. The highest BCUT2D eigenvalue weighted by atomic mass is 14.9. The molecule has 0 amide bonds. The van der Waals surface area contributed by atoms with E-state index in [0.29, 0.717) is 6.04 Å². The minimum Gasteiger partial charge on any atom is -0.304 e. The zero-order valence-electron chi connectivity index (χ0n) is 7.20. The van der Waals surface area contributed by atoms with Gasteiger partial charge >= 0.3 is 0 Å². The van der Waals surface area contributed by atoms with Gasteiger partial charge < -0.3 is 5.32 Å². The topological polar surface area (TPSA) is 12.0 Å². The third kappa shape index (κ3) is 5.65. The SMILES string of the molecule is CCC#CCNC(C)CC. The second-order valence-electron chi connectivity index (χ2n) is 2.40. The molecule has 0 aliphatic rings. The average Bonchev–Trinajstić information content (AvgIpc) is 1.98. The normalized spacial score (nSPS) is 11.9. The number of rotatable bonds is 3. The van der Waals surface area contributed by atoms with Gasteiger partial charge in [-0.15, -0.1) is 5.92 Å². The Morgan fingerprint density at radius 3 is 2.50 bits per heavy atom. The van der Waals surface area contributed by atoms with Gasteiger partial charge in [0.2, 0.25) is 0 Å². The van der Waals surface area contributed by atoms with Gasteiger partial charge in [0.25, 0.3) is 0 Å². The smallest absolute Gasteiger partial charge is 0.0578 e. The van der Waals surface area contributed by atoms with Crippen molar-refractivity contribution < 1.29 is 0 Å².